The van der Waals surface area contributed by atoms with Gasteiger partial charge in [-0.05, 0) is 20.0 Å². The zero-order valence-corrected chi connectivity index (χ0v) is 10.9. The number of hydrogen-bond donors (Lipinski definition) is 1. The maximum absolute atomic E-state index is 9.93. The number of likely N-dealkylation sites (N-methyl/N-ethyl adjacent to an activating group) is 1. The van der Waals surface area contributed by atoms with Crippen molar-refractivity contribution in [1.82, 2.24) is 4.90 Å². The van der Waals surface area contributed by atoms with Crippen molar-refractivity contribution < 1.29 is 14.6 Å². The van der Waals surface area contributed by atoms with E-state index in [2.05, 4.69) is 11.8 Å². The molecule has 0 amide bonds. The van der Waals surface area contributed by atoms with Gasteiger partial charge in [-0.25, -0.2) is 0 Å². The summed E-state index contributed by atoms with van der Waals surface area (Å²) in [4.78, 5) is 2.13. The molecule has 1 aromatic rings. The molecule has 1 aromatic carbocycles. The molecule has 96 valence electrons. The Bertz CT molecular complexity index is 355. The van der Waals surface area contributed by atoms with Gasteiger partial charge < -0.3 is 14.6 Å². The standard InChI is InChI=1S/C13H21NO3/c1-10(14(2)7-8-16-3)12-6-5-11(17-4)9-13(12)15/h5-6,9-10,15H,7-8H2,1-4H3. The highest BCUT2D eigenvalue weighted by Gasteiger charge is 2.15. The van der Waals surface area contributed by atoms with Crippen LogP contribution in [0.25, 0.3) is 0 Å². The van der Waals surface area contributed by atoms with Gasteiger partial charge in [0.25, 0.3) is 0 Å². The van der Waals surface area contributed by atoms with E-state index in [0.29, 0.717) is 12.4 Å². The second kappa shape index (κ2) is 6.47. The zero-order valence-electron chi connectivity index (χ0n) is 10.9. The van der Waals surface area contributed by atoms with Crippen molar-refractivity contribution in [3.63, 3.8) is 0 Å². The third-order valence-corrected chi connectivity index (χ3v) is 3.00. The van der Waals surface area contributed by atoms with Gasteiger partial charge in [0.2, 0.25) is 0 Å². The van der Waals surface area contributed by atoms with Crippen LogP contribution < -0.4 is 4.74 Å². The van der Waals surface area contributed by atoms with Crippen LogP contribution in [0.3, 0.4) is 0 Å². The Morgan fingerprint density at radius 2 is 2.06 bits per heavy atom. The number of aromatic hydroxyl groups is 1. The Morgan fingerprint density at radius 1 is 1.35 bits per heavy atom. The first-order chi connectivity index (χ1) is 8.10. The van der Waals surface area contributed by atoms with Crippen LogP contribution >= 0.6 is 0 Å². The van der Waals surface area contributed by atoms with Crippen LogP contribution in [0.2, 0.25) is 0 Å². The lowest BCUT2D eigenvalue weighted by molar-refractivity contribution is 0.142. The monoisotopic (exact) mass is 239 g/mol. The molecule has 0 aliphatic heterocycles. The third-order valence-electron chi connectivity index (χ3n) is 3.00. The molecular formula is C13H21NO3. The van der Waals surface area contributed by atoms with Crippen LogP contribution in [0.15, 0.2) is 18.2 Å². The summed E-state index contributed by atoms with van der Waals surface area (Å²) in [5, 5.41) is 9.93. The second-order valence-corrected chi connectivity index (χ2v) is 4.07. The molecule has 0 saturated carbocycles. The van der Waals surface area contributed by atoms with E-state index in [-0.39, 0.29) is 11.8 Å². The molecule has 0 saturated heterocycles. The third kappa shape index (κ3) is 3.61. The summed E-state index contributed by atoms with van der Waals surface area (Å²) >= 11 is 0. The average molecular weight is 239 g/mol. The predicted molar refractivity (Wildman–Crippen MR) is 67.6 cm³/mol. The van der Waals surface area contributed by atoms with E-state index >= 15 is 0 Å². The van der Waals surface area contributed by atoms with Gasteiger partial charge in [0.1, 0.15) is 11.5 Å². The predicted octanol–water partition coefficient (Wildman–Crippen LogP) is 2.04. The van der Waals surface area contributed by atoms with Crippen molar-refractivity contribution in [3.8, 4) is 11.5 Å². The molecule has 4 nitrogen and oxygen atoms in total. The van der Waals surface area contributed by atoms with E-state index in [1.54, 1.807) is 20.3 Å². The number of methoxy groups -OCH3 is 2. The van der Waals surface area contributed by atoms with E-state index in [1.165, 1.54) is 0 Å². The van der Waals surface area contributed by atoms with Crippen LogP contribution in [0.5, 0.6) is 11.5 Å². The largest absolute Gasteiger partial charge is 0.507 e. The fourth-order valence-electron chi connectivity index (χ4n) is 1.67. The van der Waals surface area contributed by atoms with Gasteiger partial charge in [0, 0.05) is 31.3 Å². The molecule has 0 aromatic heterocycles. The number of rotatable bonds is 6. The fourth-order valence-corrected chi connectivity index (χ4v) is 1.67. The molecule has 1 N–H and O–H groups in total. The molecule has 1 rings (SSSR count). The van der Waals surface area contributed by atoms with Crippen LogP contribution in [-0.4, -0.2) is 44.4 Å². The lowest BCUT2D eigenvalue weighted by Gasteiger charge is -2.25. The maximum atomic E-state index is 9.93. The van der Waals surface area contributed by atoms with Gasteiger partial charge in [-0.1, -0.05) is 6.07 Å². The lowest BCUT2D eigenvalue weighted by Crippen LogP contribution is -2.26. The SMILES string of the molecule is COCCN(C)C(C)c1ccc(OC)cc1O. The van der Waals surface area contributed by atoms with Gasteiger partial charge in [-0.15, -0.1) is 0 Å². The molecule has 0 aliphatic carbocycles. The summed E-state index contributed by atoms with van der Waals surface area (Å²) in [6, 6.07) is 5.52. The van der Waals surface area contributed by atoms with Gasteiger partial charge in [-0.3, -0.25) is 4.90 Å². The molecule has 0 heterocycles. The van der Waals surface area contributed by atoms with Crippen LogP contribution in [0.4, 0.5) is 0 Å². The van der Waals surface area contributed by atoms with Crippen molar-refractivity contribution >= 4 is 0 Å². The van der Waals surface area contributed by atoms with Gasteiger partial charge in [0.15, 0.2) is 0 Å². The van der Waals surface area contributed by atoms with E-state index < -0.39 is 0 Å². The van der Waals surface area contributed by atoms with E-state index in [4.69, 9.17) is 9.47 Å². The molecule has 0 spiro atoms. The maximum Gasteiger partial charge on any atom is 0.124 e. The van der Waals surface area contributed by atoms with Gasteiger partial charge >= 0.3 is 0 Å². The minimum atomic E-state index is 0.135. The molecule has 4 heteroatoms. The quantitative estimate of drug-likeness (QED) is 0.825. The molecular weight excluding hydrogens is 218 g/mol. The summed E-state index contributed by atoms with van der Waals surface area (Å²) < 4.78 is 10.1. The zero-order chi connectivity index (χ0) is 12.8. The van der Waals surface area contributed by atoms with Gasteiger partial charge in [-0.2, -0.15) is 0 Å². The number of hydrogen-bond acceptors (Lipinski definition) is 4. The van der Waals surface area contributed by atoms with Crippen LogP contribution in [0.1, 0.15) is 18.5 Å². The highest BCUT2D eigenvalue weighted by Crippen LogP contribution is 2.30. The minimum Gasteiger partial charge on any atom is -0.507 e. The van der Waals surface area contributed by atoms with Crippen molar-refractivity contribution in [3.05, 3.63) is 23.8 Å². The molecule has 17 heavy (non-hydrogen) atoms. The molecule has 0 aliphatic rings. The first kappa shape index (κ1) is 13.8. The second-order valence-electron chi connectivity index (χ2n) is 4.07. The van der Waals surface area contributed by atoms with E-state index in [0.717, 1.165) is 12.1 Å². The summed E-state index contributed by atoms with van der Waals surface area (Å²) in [5.41, 5.74) is 0.893. The summed E-state index contributed by atoms with van der Waals surface area (Å²) in [6.07, 6.45) is 0. The molecule has 0 bridgehead atoms. The van der Waals surface area contributed by atoms with E-state index in [9.17, 15) is 5.11 Å². The smallest absolute Gasteiger partial charge is 0.124 e. The Kier molecular flexibility index (Phi) is 5.25. The summed E-state index contributed by atoms with van der Waals surface area (Å²) in [5.74, 6) is 0.930. The van der Waals surface area contributed by atoms with Crippen molar-refractivity contribution in [2.24, 2.45) is 0 Å². The number of benzene rings is 1. The highest BCUT2D eigenvalue weighted by molar-refractivity contribution is 5.41. The average Bonchev–Trinajstić information content (AvgIpc) is 2.34. The van der Waals surface area contributed by atoms with Crippen molar-refractivity contribution in [2.45, 2.75) is 13.0 Å². The first-order valence-corrected chi connectivity index (χ1v) is 5.66. The number of phenolic OH excluding ortho intramolecular Hbond substituents is 1. The number of nitrogens with zero attached hydrogens (tertiary/aromatic N) is 1. The fraction of sp³-hybridized carbons (Fsp3) is 0.538. The van der Waals surface area contributed by atoms with Crippen LogP contribution in [0, 0.1) is 0 Å². The number of phenols is 1. The molecule has 1 atom stereocenters. The number of ether oxygens (including phenoxy) is 2. The summed E-state index contributed by atoms with van der Waals surface area (Å²) in [6.45, 7) is 3.55. The van der Waals surface area contributed by atoms with Crippen molar-refractivity contribution in [2.75, 3.05) is 34.4 Å². The topological polar surface area (TPSA) is 41.9 Å². The Labute approximate surface area is 103 Å². The normalized spacial score (nSPS) is 12.8. The van der Waals surface area contributed by atoms with E-state index in [1.807, 2.05) is 19.2 Å². The molecule has 0 fully saturated rings. The Morgan fingerprint density at radius 3 is 2.59 bits per heavy atom. The lowest BCUT2D eigenvalue weighted by atomic mass is 10.1. The van der Waals surface area contributed by atoms with Gasteiger partial charge in [0.05, 0.1) is 13.7 Å². The first-order valence-electron chi connectivity index (χ1n) is 5.66. The highest BCUT2D eigenvalue weighted by atomic mass is 16.5. The van der Waals surface area contributed by atoms with Crippen molar-refractivity contribution in [1.29, 1.82) is 0 Å². The Hall–Kier alpha value is -1.26. The molecule has 0 radical (unpaired) electrons. The minimum absolute atomic E-state index is 0.135. The molecule has 1 unspecified atom stereocenters. The summed E-state index contributed by atoms with van der Waals surface area (Å²) in [7, 11) is 5.28. The van der Waals surface area contributed by atoms with Crippen LogP contribution in [-0.2, 0) is 4.74 Å². The Balaban J connectivity index is 2.77.